The summed E-state index contributed by atoms with van der Waals surface area (Å²) in [7, 11) is 0. The monoisotopic (exact) mass is 186 g/mol. The first-order valence-electron chi connectivity index (χ1n) is 3.87. The minimum absolute atomic E-state index is 0.411. The first-order valence-corrected chi connectivity index (χ1v) is 4.25. The zero-order valence-corrected chi connectivity index (χ0v) is 7.71. The van der Waals surface area contributed by atoms with Crippen molar-refractivity contribution < 1.29 is 4.74 Å². The molecule has 0 aromatic carbocycles. The second-order valence-corrected chi connectivity index (χ2v) is 2.77. The lowest BCUT2D eigenvalue weighted by molar-refractivity contribution is 0.118. The number of ether oxygens (including phenoxy) is 1. The third-order valence-electron chi connectivity index (χ3n) is 1.27. The van der Waals surface area contributed by atoms with Crippen LogP contribution in [0, 0.1) is 0 Å². The number of halogens is 1. The van der Waals surface area contributed by atoms with Crippen molar-refractivity contribution in [2.75, 3.05) is 6.61 Å². The molecule has 0 amide bonds. The van der Waals surface area contributed by atoms with Gasteiger partial charge >= 0.3 is 0 Å². The molecule has 3 nitrogen and oxygen atoms in total. The highest BCUT2D eigenvalue weighted by atomic mass is 35.5. The van der Waals surface area contributed by atoms with Crippen LogP contribution < -0.4 is 0 Å². The Morgan fingerprint density at radius 3 is 2.83 bits per heavy atom. The zero-order valence-electron chi connectivity index (χ0n) is 6.96. The van der Waals surface area contributed by atoms with Gasteiger partial charge in [-0.25, -0.2) is 4.98 Å². The number of rotatable bonds is 4. The van der Waals surface area contributed by atoms with Gasteiger partial charge in [-0.2, -0.15) is 0 Å². The van der Waals surface area contributed by atoms with Crippen LogP contribution in [0.1, 0.15) is 19.0 Å². The topological polar surface area (TPSA) is 35.0 Å². The van der Waals surface area contributed by atoms with Crippen molar-refractivity contribution in [1.29, 1.82) is 0 Å². The zero-order chi connectivity index (χ0) is 8.81. The fourth-order valence-corrected chi connectivity index (χ4v) is 0.832. The molecule has 0 saturated carbocycles. The average Bonchev–Trinajstić information content (AvgIpc) is 2.09. The van der Waals surface area contributed by atoms with Crippen molar-refractivity contribution in [2.24, 2.45) is 0 Å². The Bertz CT molecular complexity index is 225. The number of hydrogen-bond donors (Lipinski definition) is 0. The van der Waals surface area contributed by atoms with Crippen LogP contribution in [-0.4, -0.2) is 16.6 Å². The molecule has 0 atom stereocenters. The van der Waals surface area contributed by atoms with Crippen LogP contribution >= 0.6 is 11.6 Å². The molecule has 1 aromatic heterocycles. The van der Waals surface area contributed by atoms with E-state index in [1.807, 2.05) is 0 Å². The van der Waals surface area contributed by atoms with E-state index in [2.05, 4.69) is 16.9 Å². The Labute approximate surface area is 76.7 Å². The largest absolute Gasteiger partial charge is 0.375 e. The van der Waals surface area contributed by atoms with Crippen molar-refractivity contribution in [2.45, 2.75) is 20.0 Å². The highest BCUT2D eigenvalue weighted by molar-refractivity contribution is 6.29. The molecule has 0 spiro atoms. The maximum atomic E-state index is 5.56. The predicted molar refractivity (Wildman–Crippen MR) is 47.0 cm³/mol. The molecule has 0 aliphatic heterocycles. The molecule has 0 unspecified atom stereocenters. The molecule has 0 N–H and O–H groups in total. The molecule has 0 aliphatic carbocycles. The second-order valence-electron chi connectivity index (χ2n) is 2.38. The Hall–Kier alpha value is -0.670. The Morgan fingerprint density at radius 2 is 2.25 bits per heavy atom. The van der Waals surface area contributed by atoms with E-state index in [4.69, 9.17) is 16.3 Å². The molecule has 0 fully saturated rings. The number of nitrogens with zero attached hydrogens (tertiary/aromatic N) is 2. The van der Waals surface area contributed by atoms with Crippen molar-refractivity contribution in [3.05, 3.63) is 23.2 Å². The summed E-state index contributed by atoms with van der Waals surface area (Å²) < 4.78 is 5.26. The standard InChI is InChI=1S/C8H11ClN2O/c1-2-3-12-6-7-4-11-8(9)5-10-7/h4-5H,2-3,6H2,1H3. The summed E-state index contributed by atoms with van der Waals surface area (Å²) in [6, 6.07) is 0. The van der Waals surface area contributed by atoms with Gasteiger partial charge in [0.25, 0.3) is 0 Å². The van der Waals surface area contributed by atoms with Crippen LogP contribution in [0.2, 0.25) is 5.15 Å². The third kappa shape index (κ3) is 3.15. The van der Waals surface area contributed by atoms with E-state index in [1.54, 1.807) is 6.20 Å². The Kier molecular flexibility index (Phi) is 3.97. The van der Waals surface area contributed by atoms with Gasteiger partial charge in [0, 0.05) is 6.61 Å². The lowest BCUT2D eigenvalue weighted by Gasteiger charge is -2.00. The van der Waals surface area contributed by atoms with Crippen LogP contribution in [0.4, 0.5) is 0 Å². The maximum absolute atomic E-state index is 5.56. The molecule has 0 aliphatic rings. The fourth-order valence-electron chi connectivity index (χ4n) is 0.735. The summed E-state index contributed by atoms with van der Waals surface area (Å²) in [5.41, 5.74) is 0.813. The molecular formula is C8H11ClN2O. The maximum Gasteiger partial charge on any atom is 0.147 e. The highest BCUT2D eigenvalue weighted by Gasteiger charge is 1.94. The molecule has 0 saturated heterocycles. The molecule has 0 bridgehead atoms. The normalized spacial score (nSPS) is 10.2. The van der Waals surface area contributed by atoms with E-state index in [9.17, 15) is 0 Å². The van der Waals surface area contributed by atoms with E-state index in [-0.39, 0.29) is 0 Å². The van der Waals surface area contributed by atoms with E-state index in [0.717, 1.165) is 18.7 Å². The quantitative estimate of drug-likeness (QED) is 0.676. The van der Waals surface area contributed by atoms with Crippen LogP contribution in [0.15, 0.2) is 12.4 Å². The highest BCUT2D eigenvalue weighted by Crippen LogP contribution is 2.02. The van der Waals surface area contributed by atoms with Crippen molar-refractivity contribution >= 4 is 11.6 Å². The van der Waals surface area contributed by atoms with E-state index in [1.165, 1.54) is 6.20 Å². The summed E-state index contributed by atoms with van der Waals surface area (Å²) in [4.78, 5) is 7.91. The molecule has 0 radical (unpaired) electrons. The Morgan fingerprint density at radius 1 is 1.42 bits per heavy atom. The van der Waals surface area contributed by atoms with Crippen LogP contribution in [0.3, 0.4) is 0 Å². The fraction of sp³-hybridized carbons (Fsp3) is 0.500. The van der Waals surface area contributed by atoms with E-state index in [0.29, 0.717) is 11.8 Å². The van der Waals surface area contributed by atoms with Gasteiger partial charge in [-0.3, -0.25) is 4.98 Å². The van der Waals surface area contributed by atoms with Gasteiger partial charge in [-0.05, 0) is 6.42 Å². The molecule has 1 rings (SSSR count). The minimum atomic E-state index is 0.411. The molecule has 1 heterocycles. The van der Waals surface area contributed by atoms with Gasteiger partial charge in [-0.1, -0.05) is 18.5 Å². The average molecular weight is 187 g/mol. The summed E-state index contributed by atoms with van der Waals surface area (Å²) in [5, 5.41) is 0.411. The molecule has 12 heavy (non-hydrogen) atoms. The second kappa shape index (κ2) is 5.06. The van der Waals surface area contributed by atoms with Crippen molar-refractivity contribution in [1.82, 2.24) is 9.97 Å². The molecule has 1 aromatic rings. The summed E-state index contributed by atoms with van der Waals surface area (Å²) in [6.07, 6.45) is 4.16. The van der Waals surface area contributed by atoms with Gasteiger partial charge in [-0.15, -0.1) is 0 Å². The van der Waals surface area contributed by atoms with Gasteiger partial charge < -0.3 is 4.74 Å². The van der Waals surface area contributed by atoms with Gasteiger partial charge in [0.15, 0.2) is 0 Å². The summed E-state index contributed by atoms with van der Waals surface area (Å²) in [6.45, 7) is 3.33. The van der Waals surface area contributed by atoms with Gasteiger partial charge in [0.1, 0.15) is 5.15 Å². The van der Waals surface area contributed by atoms with E-state index < -0.39 is 0 Å². The number of hydrogen-bond acceptors (Lipinski definition) is 3. The molecule has 66 valence electrons. The molecule has 4 heteroatoms. The lowest BCUT2D eigenvalue weighted by Crippen LogP contribution is -1.97. The Balaban J connectivity index is 2.37. The van der Waals surface area contributed by atoms with Crippen LogP contribution in [-0.2, 0) is 11.3 Å². The van der Waals surface area contributed by atoms with Crippen LogP contribution in [0.25, 0.3) is 0 Å². The first-order chi connectivity index (χ1) is 5.83. The third-order valence-corrected chi connectivity index (χ3v) is 1.47. The predicted octanol–water partition coefficient (Wildman–Crippen LogP) is 2.06. The van der Waals surface area contributed by atoms with Gasteiger partial charge in [0.05, 0.1) is 24.7 Å². The summed E-state index contributed by atoms with van der Waals surface area (Å²) >= 11 is 5.56. The van der Waals surface area contributed by atoms with Crippen molar-refractivity contribution in [3.63, 3.8) is 0 Å². The summed E-state index contributed by atoms with van der Waals surface area (Å²) in [5.74, 6) is 0. The van der Waals surface area contributed by atoms with Crippen LogP contribution in [0.5, 0.6) is 0 Å². The van der Waals surface area contributed by atoms with Crippen molar-refractivity contribution in [3.8, 4) is 0 Å². The lowest BCUT2D eigenvalue weighted by atomic mass is 10.5. The number of aromatic nitrogens is 2. The molecular weight excluding hydrogens is 176 g/mol. The first kappa shape index (κ1) is 9.42. The smallest absolute Gasteiger partial charge is 0.147 e. The minimum Gasteiger partial charge on any atom is -0.375 e. The van der Waals surface area contributed by atoms with E-state index >= 15 is 0 Å². The SMILES string of the molecule is CCCOCc1cnc(Cl)cn1. The van der Waals surface area contributed by atoms with Gasteiger partial charge in [0.2, 0.25) is 0 Å².